The predicted molar refractivity (Wildman–Crippen MR) is 103 cm³/mol. The van der Waals surface area contributed by atoms with Crippen LogP contribution < -0.4 is 10.1 Å². The molecule has 1 N–H and O–H groups in total. The molecule has 2 fully saturated rings. The number of carbonyl (C=O) groups is 1. The minimum absolute atomic E-state index is 0.0101. The smallest absolute Gasteiger partial charge is 0.484 e. The van der Waals surface area contributed by atoms with Crippen molar-refractivity contribution in [3.05, 3.63) is 29.3 Å². The molecule has 1 aromatic carbocycles. The Balaban J connectivity index is 1.32. The van der Waals surface area contributed by atoms with Gasteiger partial charge >= 0.3 is 6.36 Å². The summed E-state index contributed by atoms with van der Waals surface area (Å²) in [6.07, 6.45) is -7.83. The summed E-state index contributed by atoms with van der Waals surface area (Å²) in [4.78, 5) is 12.0. The van der Waals surface area contributed by atoms with Crippen LogP contribution in [-0.2, 0) is 19.0 Å². The van der Waals surface area contributed by atoms with E-state index in [9.17, 15) is 26.7 Å². The predicted octanol–water partition coefficient (Wildman–Crippen LogP) is 4.10. The molecule has 1 saturated carbocycles. The van der Waals surface area contributed by atoms with Crippen molar-refractivity contribution in [1.29, 1.82) is 0 Å². The first-order chi connectivity index (χ1) is 15.0. The van der Waals surface area contributed by atoms with Gasteiger partial charge in [-0.15, -0.1) is 13.2 Å². The van der Waals surface area contributed by atoms with E-state index in [2.05, 4.69) is 10.1 Å². The molecule has 1 unspecified atom stereocenters. The van der Waals surface area contributed by atoms with E-state index in [4.69, 9.17) is 25.8 Å². The van der Waals surface area contributed by atoms with Crippen LogP contribution in [0.2, 0.25) is 5.02 Å². The second-order valence-electron chi connectivity index (χ2n) is 7.76. The first-order valence-electron chi connectivity index (χ1n) is 10.0. The van der Waals surface area contributed by atoms with Crippen molar-refractivity contribution < 1.29 is 45.7 Å². The van der Waals surface area contributed by atoms with Crippen molar-refractivity contribution >= 4 is 17.5 Å². The van der Waals surface area contributed by atoms with E-state index in [1.165, 1.54) is 0 Å². The molecular weight excluding hydrogens is 465 g/mol. The molecule has 1 aliphatic carbocycles. The van der Waals surface area contributed by atoms with E-state index in [0.29, 0.717) is 10.8 Å². The van der Waals surface area contributed by atoms with Crippen LogP contribution in [0.25, 0.3) is 0 Å². The van der Waals surface area contributed by atoms with Gasteiger partial charge in [0.2, 0.25) is 0 Å². The normalized spacial score (nSPS) is 26.3. The Morgan fingerprint density at radius 2 is 1.78 bits per heavy atom. The molecule has 1 heterocycles. The average molecular weight is 488 g/mol. The van der Waals surface area contributed by atoms with Crippen LogP contribution in [0.15, 0.2) is 24.3 Å². The van der Waals surface area contributed by atoms with Gasteiger partial charge in [-0.1, -0.05) is 11.6 Å². The minimum Gasteiger partial charge on any atom is -0.484 e. The maximum Gasteiger partial charge on any atom is 0.522 e. The van der Waals surface area contributed by atoms with Gasteiger partial charge in [0.05, 0.1) is 24.9 Å². The fourth-order valence-corrected chi connectivity index (χ4v) is 3.53. The molecule has 3 rings (SSSR count). The van der Waals surface area contributed by atoms with Crippen LogP contribution in [0, 0.1) is 0 Å². The quantitative estimate of drug-likeness (QED) is 0.531. The lowest BCUT2D eigenvalue weighted by Gasteiger charge is -2.38. The number of nitrogens with one attached hydrogen (secondary N) is 1. The van der Waals surface area contributed by atoms with Crippen LogP contribution >= 0.6 is 11.6 Å². The number of benzene rings is 1. The van der Waals surface area contributed by atoms with Crippen LogP contribution in [0.4, 0.5) is 22.0 Å². The summed E-state index contributed by atoms with van der Waals surface area (Å²) in [6.45, 7) is -1.29. The van der Waals surface area contributed by atoms with E-state index < -0.39 is 49.2 Å². The molecule has 1 saturated heterocycles. The SMILES string of the molecule is O=C(COc1ccc(Cl)cc1)N[C@H]1CCC(C(F)(F)COC2CC(OC(F)(F)F)C2)OC1. The van der Waals surface area contributed by atoms with E-state index in [1.54, 1.807) is 24.3 Å². The van der Waals surface area contributed by atoms with Gasteiger partial charge in [0.15, 0.2) is 6.61 Å². The lowest BCUT2D eigenvalue weighted by molar-refractivity contribution is -0.358. The van der Waals surface area contributed by atoms with Crippen molar-refractivity contribution in [3.8, 4) is 5.75 Å². The molecule has 2 aliphatic rings. The van der Waals surface area contributed by atoms with Gasteiger partial charge in [-0.2, -0.15) is 0 Å². The Morgan fingerprint density at radius 3 is 2.38 bits per heavy atom. The third-order valence-electron chi connectivity index (χ3n) is 5.16. The molecule has 1 aromatic rings. The second kappa shape index (κ2) is 10.5. The number of hydrogen-bond donors (Lipinski definition) is 1. The molecule has 0 bridgehead atoms. The van der Waals surface area contributed by atoms with E-state index in [0.717, 1.165) is 0 Å². The van der Waals surface area contributed by atoms with E-state index >= 15 is 0 Å². The van der Waals surface area contributed by atoms with Crippen LogP contribution in [-0.4, -0.2) is 62.4 Å². The highest BCUT2D eigenvalue weighted by atomic mass is 35.5. The monoisotopic (exact) mass is 487 g/mol. The highest BCUT2D eigenvalue weighted by Gasteiger charge is 2.46. The highest BCUT2D eigenvalue weighted by molar-refractivity contribution is 6.30. The second-order valence-corrected chi connectivity index (χ2v) is 8.19. The van der Waals surface area contributed by atoms with Crippen molar-refractivity contribution in [2.24, 2.45) is 0 Å². The molecule has 2 atom stereocenters. The molecule has 0 aromatic heterocycles. The van der Waals surface area contributed by atoms with Gasteiger partial charge < -0.3 is 19.5 Å². The fourth-order valence-electron chi connectivity index (χ4n) is 3.41. The van der Waals surface area contributed by atoms with Crippen LogP contribution in [0.5, 0.6) is 5.75 Å². The molecule has 1 amide bonds. The zero-order valence-corrected chi connectivity index (χ0v) is 17.6. The molecule has 6 nitrogen and oxygen atoms in total. The number of carbonyl (C=O) groups excluding carboxylic acids is 1. The van der Waals surface area contributed by atoms with Crippen LogP contribution in [0.1, 0.15) is 25.7 Å². The van der Waals surface area contributed by atoms with Crippen molar-refractivity contribution in [1.82, 2.24) is 5.32 Å². The number of hydrogen-bond acceptors (Lipinski definition) is 5. The number of halogens is 6. The first kappa shape index (κ1) is 24.9. The minimum atomic E-state index is -4.75. The molecule has 180 valence electrons. The molecule has 0 radical (unpaired) electrons. The standard InChI is InChI=1S/C20H23ClF5NO5/c21-12-1-4-14(5-2-12)29-10-18(28)27-13-3-6-17(30-9-13)19(22,23)11-31-15-7-16(8-15)32-20(24,25)26/h1-2,4-5,13,15-17H,3,6-11H2,(H,27,28)/t13-,15?,16?,17?/m0/s1. The molecule has 32 heavy (non-hydrogen) atoms. The van der Waals surface area contributed by atoms with Gasteiger partial charge in [-0.05, 0) is 37.1 Å². The fraction of sp³-hybridized carbons (Fsp3) is 0.650. The molecule has 12 heteroatoms. The number of alkyl halides is 5. The van der Waals surface area contributed by atoms with E-state index in [-0.39, 0.29) is 38.9 Å². The van der Waals surface area contributed by atoms with Crippen molar-refractivity contribution in [2.45, 2.75) is 62.3 Å². The number of ether oxygens (including phenoxy) is 4. The lowest BCUT2D eigenvalue weighted by atomic mass is 9.92. The Hall–Kier alpha value is -1.69. The van der Waals surface area contributed by atoms with Gasteiger partial charge in [0, 0.05) is 17.9 Å². The molecule has 1 aliphatic heterocycles. The Morgan fingerprint density at radius 1 is 1.09 bits per heavy atom. The highest BCUT2D eigenvalue weighted by Crippen LogP contribution is 2.35. The van der Waals surface area contributed by atoms with E-state index in [1.807, 2.05) is 0 Å². The Bertz CT molecular complexity index is 750. The largest absolute Gasteiger partial charge is 0.522 e. The third-order valence-corrected chi connectivity index (χ3v) is 5.41. The number of rotatable bonds is 9. The zero-order valence-electron chi connectivity index (χ0n) is 16.9. The zero-order chi connectivity index (χ0) is 23.4. The van der Waals surface area contributed by atoms with Crippen molar-refractivity contribution in [2.75, 3.05) is 19.8 Å². The van der Waals surface area contributed by atoms with Gasteiger partial charge in [-0.25, -0.2) is 8.78 Å². The maximum absolute atomic E-state index is 14.3. The van der Waals surface area contributed by atoms with Gasteiger partial charge in [-0.3, -0.25) is 9.53 Å². The maximum atomic E-state index is 14.3. The van der Waals surface area contributed by atoms with Gasteiger partial charge in [0.25, 0.3) is 11.8 Å². The van der Waals surface area contributed by atoms with Crippen molar-refractivity contribution in [3.63, 3.8) is 0 Å². The summed E-state index contributed by atoms with van der Waals surface area (Å²) in [5.41, 5.74) is 0. The molecule has 0 spiro atoms. The summed E-state index contributed by atoms with van der Waals surface area (Å²) in [6, 6.07) is 6.03. The lowest BCUT2D eigenvalue weighted by Crippen LogP contribution is -2.51. The molecular formula is C20H23ClF5NO5. The summed E-state index contributed by atoms with van der Waals surface area (Å²) in [5.74, 6) is -3.25. The van der Waals surface area contributed by atoms with Crippen LogP contribution in [0.3, 0.4) is 0 Å². The van der Waals surface area contributed by atoms with Gasteiger partial charge in [0.1, 0.15) is 18.5 Å². The first-order valence-corrected chi connectivity index (χ1v) is 10.4. The topological polar surface area (TPSA) is 66.0 Å². The summed E-state index contributed by atoms with van der Waals surface area (Å²) < 4.78 is 84.3. The summed E-state index contributed by atoms with van der Waals surface area (Å²) in [7, 11) is 0. The number of amides is 1. The Labute approximate surface area is 186 Å². The third kappa shape index (κ3) is 7.72. The average Bonchev–Trinajstić information content (AvgIpc) is 2.69. The summed E-state index contributed by atoms with van der Waals surface area (Å²) in [5, 5.41) is 3.20. The Kier molecular flexibility index (Phi) is 8.18. The summed E-state index contributed by atoms with van der Waals surface area (Å²) >= 11 is 5.77.